The van der Waals surface area contributed by atoms with Crippen LogP contribution in [-0.4, -0.2) is 42.3 Å². The van der Waals surface area contributed by atoms with Crippen molar-refractivity contribution >= 4 is 17.9 Å². The molecule has 0 aromatic carbocycles. The van der Waals surface area contributed by atoms with Crippen molar-refractivity contribution in [3.05, 3.63) is 0 Å². The first-order valence-electron chi connectivity index (χ1n) is 8.54. The lowest BCUT2D eigenvalue weighted by atomic mass is 9.71. The molecule has 7 nitrogen and oxygen atoms in total. The predicted octanol–water partition coefficient (Wildman–Crippen LogP) is 1.81. The molecule has 0 amide bonds. The van der Waals surface area contributed by atoms with Gasteiger partial charge in [-0.25, -0.2) is 0 Å². The van der Waals surface area contributed by atoms with Crippen molar-refractivity contribution in [2.24, 2.45) is 23.5 Å². The molecule has 0 heterocycles. The molecule has 0 bridgehead atoms. The minimum atomic E-state index is -0.788. The minimum Gasteiger partial charge on any atom is -0.469 e. The number of esters is 3. The lowest BCUT2D eigenvalue weighted by molar-refractivity contribution is -0.175. The first kappa shape index (κ1) is 21.4. The van der Waals surface area contributed by atoms with E-state index in [0.717, 1.165) is 0 Å². The van der Waals surface area contributed by atoms with Crippen LogP contribution in [0.2, 0.25) is 0 Å². The first-order chi connectivity index (χ1) is 11.2. The molecule has 0 aliphatic heterocycles. The number of carbonyl (C=O) groups excluding carboxylic acids is 3. The Balaban J connectivity index is 3.03. The molecule has 4 atom stereocenters. The Bertz CT molecular complexity index is 517. The van der Waals surface area contributed by atoms with Gasteiger partial charge in [-0.2, -0.15) is 0 Å². The van der Waals surface area contributed by atoms with Crippen molar-refractivity contribution in [1.82, 2.24) is 0 Å². The number of methoxy groups -OCH3 is 1. The molecule has 0 aromatic heterocycles. The highest BCUT2D eigenvalue weighted by Gasteiger charge is 2.48. The van der Waals surface area contributed by atoms with E-state index in [1.165, 1.54) is 7.11 Å². The highest BCUT2D eigenvalue weighted by molar-refractivity contribution is 5.84. The molecule has 0 spiro atoms. The zero-order valence-electron chi connectivity index (χ0n) is 16.3. The van der Waals surface area contributed by atoms with Crippen molar-refractivity contribution in [3.8, 4) is 0 Å². The Hall–Kier alpha value is -1.63. The monoisotopic (exact) mass is 357 g/mol. The van der Waals surface area contributed by atoms with E-state index in [4.69, 9.17) is 19.9 Å². The topological polar surface area (TPSA) is 105 Å². The van der Waals surface area contributed by atoms with Crippen LogP contribution in [0, 0.1) is 17.8 Å². The van der Waals surface area contributed by atoms with Gasteiger partial charge in [0.25, 0.3) is 0 Å². The largest absolute Gasteiger partial charge is 0.469 e. The van der Waals surface area contributed by atoms with Gasteiger partial charge in [-0.3, -0.25) is 14.4 Å². The summed E-state index contributed by atoms with van der Waals surface area (Å²) in [5, 5.41) is 0. The second-order valence-corrected chi connectivity index (χ2v) is 8.54. The van der Waals surface area contributed by atoms with Crippen molar-refractivity contribution in [2.75, 3.05) is 7.11 Å². The molecular weight excluding hydrogens is 326 g/mol. The van der Waals surface area contributed by atoms with Crippen LogP contribution >= 0.6 is 0 Å². The highest BCUT2D eigenvalue weighted by atomic mass is 16.6. The third-order valence-electron chi connectivity index (χ3n) is 3.96. The van der Waals surface area contributed by atoms with Crippen LogP contribution in [0.4, 0.5) is 0 Å². The summed E-state index contributed by atoms with van der Waals surface area (Å²) < 4.78 is 15.6. The van der Waals surface area contributed by atoms with Crippen molar-refractivity contribution in [2.45, 2.75) is 71.6 Å². The predicted molar refractivity (Wildman–Crippen MR) is 91.4 cm³/mol. The lowest BCUT2D eigenvalue weighted by Crippen LogP contribution is -2.50. The highest BCUT2D eigenvalue weighted by Crippen LogP contribution is 2.37. The fraction of sp³-hybridized carbons (Fsp3) is 0.833. The fourth-order valence-electron chi connectivity index (χ4n) is 2.93. The van der Waals surface area contributed by atoms with Crippen LogP contribution in [0.5, 0.6) is 0 Å². The molecule has 1 aliphatic carbocycles. The van der Waals surface area contributed by atoms with Crippen molar-refractivity contribution in [1.29, 1.82) is 0 Å². The molecule has 0 radical (unpaired) electrons. The van der Waals surface area contributed by atoms with Gasteiger partial charge >= 0.3 is 17.9 Å². The average Bonchev–Trinajstić information content (AvgIpc) is 2.42. The summed E-state index contributed by atoms with van der Waals surface area (Å²) in [4.78, 5) is 37.1. The van der Waals surface area contributed by atoms with E-state index in [1.807, 2.05) is 0 Å². The molecule has 25 heavy (non-hydrogen) atoms. The van der Waals surface area contributed by atoms with E-state index in [-0.39, 0.29) is 12.8 Å². The Morgan fingerprint density at radius 3 is 1.56 bits per heavy atom. The number of hydrogen-bond donors (Lipinski definition) is 1. The summed E-state index contributed by atoms with van der Waals surface area (Å²) in [6.07, 6.45) is 0.269. The number of hydrogen-bond acceptors (Lipinski definition) is 7. The number of nitrogens with two attached hydrogens (primary N) is 1. The SMILES string of the molecule is COC(=O)[C@@H]1C[C@H](N)[C@@H](C(=O)OC(C)(C)C)C[C@H]1C(=O)OC(C)(C)C. The molecule has 0 unspecified atom stereocenters. The zero-order chi connectivity index (χ0) is 19.6. The van der Waals surface area contributed by atoms with Gasteiger partial charge in [0.1, 0.15) is 11.2 Å². The van der Waals surface area contributed by atoms with Gasteiger partial charge in [0.2, 0.25) is 0 Å². The summed E-state index contributed by atoms with van der Waals surface area (Å²) in [5.41, 5.74) is 4.76. The molecule has 7 heteroatoms. The van der Waals surface area contributed by atoms with Crippen molar-refractivity contribution < 1.29 is 28.6 Å². The van der Waals surface area contributed by atoms with Crippen LogP contribution in [-0.2, 0) is 28.6 Å². The van der Waals surface area contributed by atoms with E-state index in [1.54, 1.807) is 41.5 Å². The van der Waals surface area contributed by atoms with Crippen LogP contribution < -0.4 is 5.73 Å². The maximum absolute atomic E-state index is 12.6. The molecule has 1 fully saturated rings. The maximum atomic E-state index is 12.6. The van der Waals surface area contributed by atoms with Crippen LogP contribution in [0.15, 0.2) is 0 Å². The summed E-state index contributed by atoms with van der Waals surface area (Å²) in [5.74, 6) is -3.69. The van der Waals surface area contributed by atoms with Gasteiger partial charge in [0.15, 0.2) is 0 Å². The van der Waals surface area contributed by atoms with Crippen molar-refractivity contribution in [3.63, 3.8) is 0 Å². The van der Waals surface area contributed by atoms with Gasteiger partial charge < -0.3 is 19.9 Å². The Labute approximate surface area is 149 Å². The van der Waals surface area contributed by atoms with E-state index in [9.17, 15) is 14.4 Å². The standard InChI is InChI=1S/C18H31NO6/c1-17(2,3)24-15(21)10-8-12(16(22)25-18(4,5)6)13(19)9-11(10)14(20)23-7/h10-13H,8-9,19H2,1-7H3/t10-,11-,12+,13+/m1/s1. The molecule has 1 rings (SSSR count). The van der Waals surface area contributed by atoms with Crippen LogP contribution in [0.3, 0.4) is 0 Å². The maximum Gasteiger partial charge on any atom is 0.311 e. The van der Waals surface area contributed by atoms with Gasteiger partial charge in [-0.1, -0.05) is 0 Å². The summed E-state index contributed by atoms with van der Waals surface area (Å²) >= 11 is 0. The zero-order valence-corrected chi connectivity index (χ0v) is 16.3. The molecule has 0 saturated heterocycles. The summed E-state index contributed by atoms with van der Waals surface area (Å²) in [6.45, 7) is 10.5. The molecule has 1 saturated carbocycles. The van der Waals surface area contributed by atoms with E-state index in [2.05, 4.69) is 0 Å². The Morgan fingerprint density at radius 1 is 0.760 bits per heavy atom. The average molecular weight is 357 g/mol. The number of rotatable bonds is 3. The normalized spacial score (nSPS) is 27.4. The molecule has 2 N–H and O–H groups in total. The molecular formula is C18H31NO6. The van der Waals surface area contributed by atoms with E-state index < -0.39 is 52.9 Å². The third-order valence-corrected chi connectivity index (χ3v) is 3.96. The fourth-order valence-corrected chi connectivity index (χ4v) is 2.93. The van der Waals surface area contributed by atoms with E-state index >= 15 is 0 Å². The summed E-state index contributed by atoms with van der Waals surface area (Å²) in [7, 11) is 1.26. The summed E-state index contributed by atoms with van der Waals surface area (Å²) in [6, 6.07) is -0.586. The van der Waals surface area contributed by atoms with Gasteiger partial charge in [-0.15, -0.1) is 0 Å². The molecule has 144 valence electrons. The Kier molecular flexibility index (Phi) is 6.61. The second kappa shape index (κ2) is 7.72. The molecule has 1 aliphatic rings. The number of ether oxygens (including phenoxy) is 3. The van der Waals surface area contributed by atoms with Gasteiger partial charge in [0, 0.05) is 6.04 Å². The second-order valence-electron chi connectivity index (χ2n) is 8.54. The molecule has 0 aromatic rings. The quantitative estimate of drug-likeness (QED) is 0.606. The number of carbonyl (C=O) groups is 3. The van der Waals surface area contributed by atoms with Gasteiger partial charge in [0.05, 0.1) is 24.9 Å². The Morgan fingerprint density at radius 2 is 1.16 bits per heavy atom. The van der Waals surface area contributed by atoms with Gasteiger partial charge in [-0.05, 0) is 54.4 Å². The smallest absolute Gasteiger partial charge is 0.311 e. The first-order valence-corrected chi connectivity index (χ1v) is 8.54. The van der Waals surface area contributed by atoms with E-state index in [0.29, 0.717) is 0 Å². The lowest BCUT2D eigenvalue weighted by Gasteiger charge is -2.38. The van der Waals surface area contributed by atoms with Crippen LogP contribution in [0.25, 0.3) is 0 Å². The minimum absolute atomic E-state index is 0.102. The van der Waals surface area contributed by atoms with Crippen LogP contribution in [0.1, 0.15) is 54.4 Å². The third kappa shape index (κ3) is 6.30.